The summed E-state index contributed by atoms with van der Waals surface area (Å²) in [5, 5.41) is 14.3. The molecule has 8 nitrogen and oxygen atoms in total. The molecule has 11 heteroatoms. The van der Waals surface area contributed by atoms with Gasteiger partial charge in [-0.25, -0.2) is 9.78 Å². The second-order valence-electron chi connectivity index (χ2n) is 6.12. The van der Waals surface area contributed by atoms with Crippen molar-refractivity contribution in [2.24, 2.45) is 7.05 Å². The van der Waals surface area contributed by atoms with Gasteiger partial charge in [0.1, 0.15) is 0 Å². The lowest BCUT2D eigenvalue weighted by Crippen LogP contribution is -2.25. The van der Waals surface area contributed by atoms with Gasteiger partial charge in [-0.1, -0.05) is 30.3 Å². The number of aliphatic carboxylic acids is 1. The molecule has 0 fully saturated rings. The van der Waals surface area contributed by atoms with E-state index in [1.54, 1.807) is 17.2 Å². The van der Waals surface area contributed by atoms with Gasteiger partial charge in [0.05, 0.1) is 12.0 Å². The fourth-order valence-corrected chi connectivity index (χ4v) is 2.43. The number of carboxylic acid groups (broad SMARTS) is 1. The van der Waals surface area contributed by atoms with Crippen molar-refractivity contribution < 1.29 is 27.9 Å². The molecule has 0 radical (unpaired) electrons. The number of carbonyl (C=O) groups is 2. The van der Waals surface area contributed by atoms with E-state index in [-0.39, 0.29) is 5.91 Å². The van der Waals surface area contributed by atoms with Crippen LogP contribution < -0.4 is 5.32 Å². The van der Waals surface area contributed by atoms with E-state index in [0.717, 1.165) is 24.2 Å². The minimum atomic E-state index is -5.08. The summed E-state index contributed by atoms with van der Waals surface area (Å²) in [6.45, 7) is 1.44. The maximum absolute atomic E-state index is 12.2. The predicted molar refractivity (Wildman–Crippen MR) is 102 cm³/mol. The van der Waals surface area contributed by atoms with Crippen LogP contribution >= 0.6 is 0 Å². The lowest BCUT2D eigenvalue weighted by atomic mass is 10.1. The first-order valence-corrected chi connectivity index (χ1v) is 8.82. The molecule has 2 N–H and O–H groups in total. The minimum Gasteiger partial charge on any atom is -0.475 e. The number of rotatable bonds is 6. The number of nitrogens with zero attached hydrogens (tertiary/aromatic N) is 4. The Balaban J connectivity index is 0.000000396. The largest absolute Gasteiger partial charge is 0.490 e. The highest BCUT2D eigenvalue weighted by molar-refractivity contribution is 5.93. The topological polar surface area (TPSA) is 102 Å². The lowest BCUT2D eigenvalue weighted by molar-refractivity contribution is -0.192. The molecule has 160 valence electrons. The molecule has 1 amide bonds. The monoisotopic (exact) mass is 423 g/mol. The van der Waals surface area contributed by atoms with E-state index < -0.39 is 12.1 Å². The Morgan fingerprint density at radius 3 is 2.43 bits per heavy atom. The number of nitrogens with one attached hydrogen (secondary N) is 1. The second kappa shape index (κ2) is 10.2. The van der Waals surface area contributed by atoms with Gasteiger partial charge in [-0.15, -0.1) is 0 Å². The normalized spacial score (nSPS) is 10.8. The van der Waals surface area contributed by atoms with Crippen LogP contribution in [-0.4, -0.2) is 49.0 Å². The van der Waals surface area contributed by atoms with Gasteiger partial charge < -0.3 is 15.0 Å². The van der Waals surface area contributed by atoms with E-state index in [9.17, 15) is 18.0 Å². The second-order valence-corrected chi connectivity index (χ2v) is 6.12. The van der Waals surface area contributed by atoms with Gasteiger partial charge >= 0.3 is 12.1 Å². The highest BCUT2D eigenvalue weighted by atomic mass is 19.4. The molecule has 3 rings (SSSR count). The van der Waals surface area contributed by atoms with Crippen LogP contribution in [0.1, 0.15) is 16.9 Å². The summed E-state index contributed by atoms with van der Waals surface area (Å²) in [7, 11) is 1.85. The number of carboxylic acids is 1. The molecular weight excluding hydrogens is 403 g/mol. The molecule has 30 heavy (non-hydrogen) atoms. The summed E-state index contributed by atoms with van der Waals surface area (Å²) in [5.41, 5.74) is 2.41. The van der Waals surface area contributed by atoms with Gasteiger partial charge in [0, 0.05) is 32.5 Å². The summed E-state index contributed by atoms with van der Waals surface area (Å²) < 4.78 is 35.5. The van der Waals surface area contributed by atoms with Crippen molar-refractivity contribution in [1.29, 1.82) is 0 Å². The van der Waals surface area contributed by atoms with Crippen molar-refractivity contribution >= 4 is 11.9 Å². The Labute approximate surface area is 170 Å². The first-order valence-electron chi connectivity index (χ1n) is 8.82. The van der Waals surface area contributed by atoms with Gasteiger partial charge in [0.25, 0.3) is 5.91 Å². The molecule has 2 aromatic heterocycles. The van der Waals surface area contributed by atoms with E-state index in [1.807, 2.05) is 54.2 Å². The smallest absolute Gasteiger partial charge is 0.475 e. The van der Waals surface area contributed by atoms with E-state index >= 15 is 0 Å². The van der Waals surface area contributed by atoms with Crippen LogP contribution in [0.25, 0.3) is 11.3 Å². The molecule has 0 unspecified atom stereocenters. The highest BCUT2D eigenvalue weighted by Crippen LogP contribution is 2.19. The number of aryl methyl sites for hydroxylation is 2. The van der Waals surface area contributed by atoms with E-state index in [1.165, 1.54) is 0 Å². The van der Waals surface area contributed by atoms with E-state index in [2.05, 4.69) is 15.4 Å². The fourth-order valence-electron chi connectivity index (χ4n) is 2.43. The third kappa shape index (κ3) is 6.76. The van der Waals surface area contributed by atoms with Crippen molar-refractivity contribution in [3.05, 3.63) is 60.8 Å². The van der Waals surface area contributed by atoms with Gasteiger partial charge in [-0.05, 0) is 18.1 Å². The maximum Gasteiger partial charge on any atom is 0.490 e. The summed E-state index contributed by atoms with van der Waals surface area (Å²) in [6.07, 6.45) is 1.19. The standard InChI is InChI=1S/C17H19N5O.C2HF3O2/c1-21-16(14-6-3-2-4-7-14)12-15(20-21)17(23)19-8-5-10-22-11-9-18-13-22;3-2(4,5)1(6)7/h2-4,6-7,9,11-13H,5,8,10H2,1H3,(H,19,23);(H,6,7). The molecule has 0 aliphatic heterocycles. The van der Waals surface area contributed by atoms with Crippen LogP contribution in [0.15, 0.2) is 55.1 Å². The van der Waals surface area contributed by atoms with Crippen LogP contribution in [-0.2, 0) is 18.4 Å². The van der Waals surface area contributed by atoms with E-state index in [0.29, 0.717) is 12.2 Å². The first-order chi connectivity index (χ1) is 14.2. The highest BCUT2D eigenvalue weighted by Gasteiger charge is 2.38. The zero-order valence-corrected chi connectivity index (χ0v) is 16.0. The van der Waals surface area contributed by atoms with Crippen LogP contribution in [0.4, 0.5) is 13.2 Å². The molecule has 0 atom stereocenters. The van der Waals surface area contributed by atoms with Crippen molar-refractivity contribution in [3.8, 4) is 11.3 Å². The number of halogens is 3. The molecule has 0 bridgehead atoms. The minimum absolute atomic E-state index is 0.145. The predicted octanol–water partition coefficient (Wildman–Crippen LogP) is 2.74. The van der Waals surface area contributed by atoms with Gasteiger partial charge in [-0.3, -0.25) is 9.48 Å². The van der Waals surface area contributed by atoms with Crippen LogP contribution in [0.3, 0.4) is 0 Å². The molecule has 0 saturated heterocycles. The molecule has 0 aliphatic carbocycles. The summed E-state index contributed by atoms with van der Waals surface area (Å²) >= 11 is 0. The number of imidazole rings is 1. The number of aromatic nitrogens is 4. The Morgan fingerprint density at radius 2 is 1.87 bits per heavy atom. The summed E-state index contributed by atoms with van der Waals surface area (Å²) in [4.78, 5) is 25.1. The van der Waals surface area contributed by atoms with Crippen molar-refractivity contribution in [2.45, 2.75) is 19.1 Å². The Hall–Kier alpha value is -3.63. The van der Waals surface area contributed by atoms with Gasteiger partial charge in [-0.2, -0.15) is 18.3 Å². The Kier molecular flexibility index (Phi) is 7.73. The quantitative estimate of drug-likeness (QED) is 0.594. The Morgan fingerprint density at radius 1 is 1.20 bits per heavy atom. The third-order valence-electron chi connectivity index (χ3n) is 3.86. The SMILES string of the molecule is Cn1nc(C(=O)NCCCn2ccnc2)cc1-c1ccccc1.O=C(O)C(F)(F)F. The van der Waals surface area contributed by atoms with Crippen molar-refractivity contribution in [1.82, 2.24) is 24.6 Å². The third-order valence-corrected chi connectivity index (χ3v) is 3.86. The lowest BCUT2D eigenvalue weighted by Gasteiger charge is -2.03. The van der Waals surface area contributed by atoms with Crippen LogP contribution in [0, 0.1) is 0 Å². The number of hydrogen-bond acceptors (Lipinski definition) is 4. The van der Waals surface area contributed by atoms with Gasteiger partial charge in [0.2, 0.25) is 0 Å². The molecule has 0 aliphatic rings. The van der Waals surface area contributed by atoms with Crippen molar-refractivity contribution in [2.75, 3.05) is 6.54 Å². The summed E-state index contributed by atoms with van der Waals surface area (Å²) in [5.74, 6) is -2.90. The average molecular weight is 423 g/mol. The van der Waals surface area contributed by atoms with E-state index in [4.69, 9.17) is 9.90 Å². The van der Waals surface area contributed by atoms with Crippen LogP contribution in [0.5, 0.6) is 0 Å². The number of hydrogen-bond donors (Lipinski definition) is 2. The molecule has 3 aromatic rings. The zero-order valence-electron chi connectivity index (χ0n) is 16.0. The zero-order chi connectivity index (χ0) is 22.1. The molecule has 0 saturated carbocycles. The number of amides is 1. The number of carbonyl (C=O) groups excluding carboxylic acids is 1. The fraction of sp³-hybridized carbons (Fsp3) is 0.263. The van der Waals surface area contributed by atoms with Crippen molar-refractivity contribution in [3.63, 3.8) is 0 Å². The average Bonchev–Trinajstić information content (AvgIpc) is 3.35. The van der Waals surface area contributed by atoms with Crippen LogP contribution in [0.2, 0.25) is 0 Å². The maximum atomic E-state index is 12.2. The number of alkyl halides is 3. The summed E-state index contributed by atoms with van der Waals surface area (Å²) in [6, 6.07) is 11.7. The Bertz CT molecular complexity index is 954. The molecule has 2 heterocycles. The number of benzene rings is 1. The van der Waals surface area contributed by atoms with Gasteiger partial charge in [0.15, 0.2) is 5.69 Å². The molecule has 0 spiro atoms. The molecular formula is C19H20F3N5O3. The first kappa shape index (κ1) is 22.7. The molecule has 1 aromatic carbocycles.